The van der Waals surface area contributed by atoms with E-state index >= 15 is 0 Å². The maximum Gasteiger partial charge on any atom is 0.0715 e. The average Bonchev–Trinajstić information content (AvgIpc) is 2.97. The van der Waals surface area contributed by atoms with E-state index < -0.39 is 0 Å². The first-order valence-corrected chi connectivity index (χ1v) is 6.85. The molecule has 2 saturated carbocycles. The SMILES string of the molecule is CC(C)(C)C(O)CN(CC1CC1)CC1CC1. The zero-order valence-electron chi connectivity index (χ0n) is 11.1. The molecule has 2 aliphatic carbocycles. The van der Waals surface area contributed by atoms with Crippen molar-refractivity contribution in [2.75, 3.05) is 19.6 Å². The lowest BCUT2D eigenvalue weighted by Gasteiger charge is -2.32. The van der Waals surface area contributed by atoms with Crippen LogP contribution in [0.15, 0.2) is 0 Å². The molecule has 0 aromatic heterocycles. The summed E-state index contributed by atoms with van der Waals surface area (Å²) < 4.78 is 0. The zero-order valence-corrected chi connectivity index (χ0v) is 11.1. The molecular weight excluding hydrogens is 198 g/mol. The van der Waals surface area contributed by atoms with E-state index in [9.17, 15) is 5.11 Å². The summed E-state index contributed by atoms with van der Waals surface area (Å²) in [7, 11) is 0. The number of aliphatic hydroxyl groups excluding tert-OH is 1. The number of aliphatic hydroxyl groups is 1. The standard InChI is InChI=1S/C14H27NO/c1-14(2,3)13(16)10-15(8-11-4-5-11)9-12-6-7-12/h11-13,16H,4-10H2,1-3H3. The van der Waals surface area contributed by atoms with Gasteiger partial charge in [-0.2, -0.15) is 0 Å². The van der Waals surface area contributed by atoms with Crippen molar-refractivity contribution in [3.63, 3.8) is 0 Å². The molecule has 16 heavy (non-hydrogen) atoms. The van der Waals surface area contributed by atoms with Gasteiger partial charge in [0.1, 0.15) is 0 Å². The van der Waals surface area contributed by atoms with Crippen molar-refractivity contribution in [3.05, 3.63) is 0 Å². The summed E-state index contributed by atoms with van der Waals surface area (Å²) in [4.78, 5) is 2.52. The summed E-state index contributed by atoms with van der Waals surface area (Å²) in [5.74, 6) is 1.87. The third-order valence-electron chi connectivity index (χ3n) is 3.86. The lowest BCUT2D eigenvalue weighted by atomic mass is 9.89. The van der Waals surface area contributed by atoms with Crippen molar-refractivity contribution in [2.45, 2.75) is 52.6 Å². The molecule has 1 atom stereocenters. The topological polar surface area (TPSA) is 23.5 Å². The molecule has 0 aliphatic heterocycles. The van der Waals surface area contributed by atoms with Crippen molar-refractivity contribution in [2.24, 2.45) is 17.3 Å². The molecule has 1 N–H and O–H groups in total. The van der Waals surface area contributed by atoms with Crippen molar-refractivity contribution < 1.29 is 5.11 Å². The van der Waals surface area contributed by atoms with Crippen LogP contribution in [0.1, 0.15) is 46.5 Å². The highest BCUT2D eigenvalue weighted by Crippen LogP contribution is 2.34. The van der Waals surface area contributed by atoms with Gasteiger partial charge in [0.15, 0.2) is 0 Å². The van der Waals surface area contributed by atoms with Gasteiger partial charge in [0.25, 0.3) is 0 Å². The Bertz CT molecular complexity index is 211. The molecule has 2 heteroatoms. The summed E-state index contributed by atoms with van der Waals surface area (Å²) >= 11 is 0. The zero-order chi connectivity index (χ0) is 11.8. The minimum absolute atomic E-state index is 0.0192. The Labute approximate surface area is 100 Å². The molecule has 2 aliphatic rings. The number of hydrogen-bond donors (Lipinski definition) is 1. The normalized spacial score (nSPS) is 23.8. The van der Waals surface area contributed by atoms with E-state index in [1.807, 2.05) is 0 Å². The van der Waals surface area contributed by atoms with Crippen LogP contribution < -0.4 is 0 Å². The molecule has 0 saturated heterocycles. The van der Waals surface area contributed by atoms with Gasteiger partial charge in [0, 0.05) is 19.6 Å². The van der Waals surface area contributed by atoms with E-state index in [2.05, 4.69) is 25.7 Å². The quantitative estimate of drug-likeness (QED) is 0.751. The van der Waals surface area contributed by atoms with Crippen molar-refractivity contribution in [1.29, 1.82) is 0 Å². The molecule has 2 rings (SSSR count). The molecule has 0 aromatic rings. The fraction of sp³-hybridized carbons (Fsp3) is 1.00. The largest absolute Gasteiger partial charge is 0.391 e. The van der Waals surface area contributed by atoms with Crippen LogP contribution in [0.5, 0.6) is 0 Å². The number of rotatable bonds is 6. The minimum atomic E-state index is -0.190. The fourth-order valence-electron chi connectivity index (χ4n) is 2.07. The van der Waals surface area contributed by atoms with Crippen LogP contribution in [-0.2, 0) is 0 Å². The van der Waals surface area contributed by atoms with Gasteiger partial charge in [-0.1, -0.05) is 20.8 Å². The van der Waals surface area contributed by atoms with Gasteiger partial charge < -0.3 is 10.0 Å². The summed E-state index contributed by atoms with van der Waals surface area (Å²) in [6.45, 7) is 9.71. The van der Waals surface area contributed by atoms with Gasteiger partial charge in [-0.25, -0.2) is 0 Å². The molecule has 2 nitrogen and oxygen atoms in total. The van der Waals surface area contributed by atoms with Crippen LogP contribution in [0, 0.1) is 17.3 Å². The second kappa shape index (κ2) is 4.66. The van der Waals surface area contributed by atoms with Crippen LogP contribution in [0.2, 0.25) is 0 Å². The molecule has 0 radical (unpaired) electrons. The highest BCUT2D eigenvalue weighted by atomic mass is 16.3. The summed E-state index contributed by atoms with van der Waals surface area (Å²) in [5.41, 5.74) is 0.0192. The van der Waals surface area contributed by atoms with E-state index in [0.29, 0.717) is 0 Å². The smallest absolute Gasteiger partial charge is 0.0715 e. The van der Waals surface area contributed by atoms with E-state index in [4.69, 9.17) is 0 Å². The predicted octanol–water partition coefficient (Wildman–Crippen LogP) is 2.52. The number of nitrogens with zero attached hydrogens (tertiary/aromatic N) is 1. The van der Waals surface area contributed by atoms with Gasteiger partial charge in [-0.3, -0.25) is 0 Å². The second-order valence-electron chi connectivity index (χ2n) is 6.99. The van der Waals surface area contributed by atoms with Crippen LogP contribution in [0.3, 0.4) is 0 Å². The Hall–Kier alpha value is -0.0800. The first-order valence-electron chi connectivity index (χ1n) is 6.85. The second-order valence-corrected chi connectivity index (χ2v) is 6.99. The van der Waals surface area contributed by atoms with Crippen LogP contribution in [-0.4, -0.2) is 35.7 Å². The Balaban J connectivity index is 1.79. The van der Waals surface area contributed by atoms with E-state index in [-0.39, 0.29) is 11.5 Å². The Kier molecular flexibility index (Phi) is 3.60. The minimum Gasteiger partial charge on any atom is -0.391 e. The van der Waals surface area contributed by atoms with Crippen LogP contribution >= 0.6 is 0 Å². The highest BCUT2D eigenvalue weighted by molar-refractivity contribution is 4.85. The third-order valence-corrected chi connectivity index (χ3v) is 3.86. The van der Waals surface area contributed by atoms with E-state index in [1.165, 1.54) is 38.8 Å². The molecule has 0 bridgehead atoms. The van der Waals surface area contributed by atoms with Gasteiger partial charge in [0.05, 0.1) is 6.10 Å². The number of hydrogen-bond acceptors (Lipinski definition) is 2. The van der Waals surface area contributed by atoms with Crippen molar-refractivity contribution in [3.8, 4) is 0 Å². The van der Waals surface area contributed by atoms with Crippen molar-refractivity contribution in [1.82, 2.24) is 4.90 Å². The van der Waals surface area contributed by atoms with Gasteiger partial charge in [-0.05, 0) is 42.9 Å². The molecule has 1 unspecified atom stereocenters. The Morgan fingerprint density at radius 1 is 1.06 bits per heavy atom. The summed E-state index contributed by atoms with van der Waals surface area (Å²) in [5, 5.41) is 10.2. The Morgan fingerprint density at radius 2 is 1.50 bits per heavy atom. The lowest BCUT2D eigenvalue weighted by Crippen LogP contribution is -2.41. The lowest BCUT2D eigenvalue weighted by molar-refractivity contribution is 0.0258. The molecular formula is C14H27NO. The Morgan fingerprint density at radius 3 is 1.81 bits per heavy atom. The van der Waals surface area contributed by atoms with E-state index in [0.717, 1.165) is 18.4 Å². The predicted molar refractivity (Wildman–Crippen MR) is 67.3 cm³/mol. The van der Waals surface area contributed by atoms with Crippen LogP contribution in [0.4, 0.5) is 0 Å². The molecule has 0 amide bonds. The molecule has 2 fully saturated rings. The maximum absolute atomic E-state index is 10.2. The van der Waals surface area contributed by atoms with Crippen molar-refractivity contribution >= 4 is 0 Å². The summed E-state index contributed by atoms with van der Waals surface area (Å²) in [6, 6.07) is 0. The fourth-order valence-corrected chi connectivity index (χ4v) is 2.07. The molecule has 0 spiro atoms. The first-order chi connectivity index (χ1) is 7.45. The first kappa shape index (κ1) is 12.4. The van der Waals surface area contributed by atoms with Gasteiger partial charge in [-0.15, -0.1) is 0 Å². The molecule has 0 aromatic carbocycles. The molecule has 94 valence electrons. The molecule has 0 heterocycles. The monoisotopic (exact) mass is 225 g/mol. The maximum atomic E-state index is 10.2. The highest BCUT2D eigenvalue weighted by Gasteiger charge is 2.32. The third kappa shape index (κ3) is 4.06. The van der Waals surface area contributed by atoms with E-state index in [1.54, 1.807) is 0 Å². The summed E-state index contributed by atoms with van der Waals surface area (Å²) in [6.07, 6.45) is 5.45. The van der Waals surface area contributed by atoms with Gasteiger partial charge >= 0.3 is 0 Å². The average molecular weight is 225 g/mol. The van der Waals surface area contributed by atoms with Gasteiger partial charge in [0.2, 0.25) is 0 Å². The van der Waals surface area contributed by atoms with Crippen LogP contribution in [0.25, 0.3) is 0 Å².